The zero-order valence-corrected chi connectivity index (χ0v) is 22.1. The second-order valence-corrected chi connectivity index (χ2v) is 8.84. The standard InChI is InChI=1S/C27H51N5O/c1-6-30(7-2)20-21-31(8-3)23-26(32(9-4)10-5)22-24-15-17-25(18-16-24)29-27(33)14-12-11-13-19-28/h15-18,26H,6-14,19-23,28H2,1-5H3,(H,29,33). The largest absolute Gasteiger partial charge is 0.330 e. The number of nitrogens with zero attached hydrogens (tertiary/aromatic N) is 3. The summed E-state index contributed by atoms with van der Waals surface area (Å²) in [4.78, 5) is 19.8. The van der Waals surface area contributed by atoms with E-state index in [0.717, 1.165) is 83.7 Å². The SMILES string of the molecule is CCN(CC)CCN(CC)CC(Cc1ccc(NC(=O)CCCCCN)cc1)N(CC)CC. The molecule has 0 spiro atoms. The molecule has 33 heavy (non-hydrogen) atoms. The monoisotopic (exact) mass is 461 g/mol. The van der Waals surface area contributed by atoms with Gasteiger partial charge in [-0.3, -0.25) is 9.69 Å². The minimum atomic E-state index is 0.0904. The van der Waals surface area contributed by atoms with Crippen molar-refractivity contribution < 1.29 is 4.79 Å². The molecule has 1 amide bonds. The first-order valence-corrected chi connectivity index (χ1v) is 13.3. The maximum atomic E-state index is 12.2. The lowest BCUT2D eigenvalue weighted by atomic mass is 10.0. The molecule has 0 saturated heterocycles. The van der Waals surface area contributed by atoms with Crippen molar-refractivity contribution in [1.29, 1.82) is 0 Å². The fourth-order valence-corrected chi connectivity index (χ4v) is 4.37. The number of benzene rings is 1. The Bertz CT molecular complexity index is 613. The third kappa shape index (κ3) is 12.0. The molecule has 0 heterocycles. The summed E-state index contributed by atoms with van der Waals surface area (Å²) in [6, 6.07) is 8.92. The molecule has 6 nitrogen and oxygen atoms in total. The van der Waals surface area contributed by atoms with E-state index in [9.17, 15) is 4.79 Å². The Morgan fingerprint density at radius 1 is 0.848 bits per heavy atom. The molecule has 190 valence electrons. The van der Waals surface area contributed by atoms with E-state index in [-0.39, 0.29) is 5.91 Å². The van der Waals surface area contributed by atoms with Gasteiger partial charge in [-0.25, -0.2) is 0 Å². The van der Waals surface area contributed by atoms with Gasteiger partial charge in [-0.1, -0.05) is 53.2 Å². The molecule has 1 atom stereocenters. The lowest BCUT2D eigenvalue weighted by molar-refractivity contribution is -0.116. The molecule has 0 aliphatic rings. The molecule has 1 rings (SSSR count). The van der Waals surface area contributed by atoms with E-state index in [0.29, 0.717) is 19.0 Å². The average molecular weight is 462 g/mol. The minimum Gasteiger partial charge on any atom is -0.330 e. The van der Waals surface area contributed by atoms with Gasteiger partial charge < -0.3 is 20.9 Å². The van der Waals surface area contributed by atoms with Crippen LogP contribution < -0.4 is 11.1 Å². The van der Waals surface area contributed by atoms with Gasteiger partial charge in [0, 0.05) is 37.8 Å². The highest BCUT2D eigenvalue weighted by Gasteiger charge is 2.20. The van der Waals surface area contributed by atoms with Crippen LogP contribution in [0.25, 0.3) is 0 Å². The molecule has 6 heteroatoms. The van der Waals surface area contributed by atoms with Crippen molar-refractivity contribution in [2.45, 2.75) is 72.8 Å². The summed E-state index contributed by atoms with van der Waals surface area (Å²) in [6.07, 6.45) is 4.48. The van der Waals surface area contributed by atoms with Crippen molar-refractivity contribution in [1.82, 2.24) is 14.7 Å². The predicted molar refractivity (Wildman–Crippen MR) is 143 cm³/mol. The molecule has 0 aliphatic heterocycles. The van der Waals surface area contributed by atoms with Crippen molar-refractivity contribution in [3.8, 4) is 0 Å². The van der Waals surface area contributed by atoms with Crippen molar-refractivity contribution in [2.24, 2.45) is 5.73 Å². The number of hydrogen-bond donors (Lipinski definition) is 2. The molecule has 0 aliphatic carbocycles. The summed E-state index contributed by atoms with van der Waals surface area (Å²) in [6.45, 7) is 20.7. The summed E-state index contributed by atoms with van der Waals surface area (Å²) in [5, 5.41) is 3.03. The fourth-order valence-electron chi connectivity index (χ4n) is 4.37. The minimum absolute atomic E-state index is 0.0904. The highest BCUT2D eigenvalue weighted by molar-refractivity contribution is 5.90. The Labute approximate surface area is 203 Å². The number of amides is 1. The van der Waals surface area contributed by atoms with Crippen molar-refractivity contribution in [2.75, 3.05) is 64.2 Å². The number of anilines is 1. The molecule has 3 N–H and O–H groups in total. The van der Waals surface area contributed by atoms with Crippen molar-refractivity contribution in [3.05, 3.63) is 29.8 Å². The molecule has 0 fully saturated rings. The number of likely N-dealkylation sites (N-methyl/N-ethyl adjacent to an activating group) is 3. The number of carbonyl (C=O) groups is 1. The molecular formula is C27H51N5O. The van der Waals surface area contributed by atoms with E-state index in [2.05, 4.69) is 66.8 Å². The van der Waals surface area contributed by atoms with Gasteiger partial charge in [-0.2, -0.15) is 0 Å². The molecule has 0 bridgehead atoms. The van der Waals surface area contributed by atoms with Crippen LogP contribution in [0.2, 0.25) is 0 Å². The first-order chi connectivity index (χ1) is 16.0. The van der Waals surface area contributed by atoms with E-state index in [4.69, 9.17) is 5.73 Å². The lowest BCUT2D eigenvalue weighted by Gasteiger charge is -2.35. The van der Waals surface area contributed by atoms with Crippen LogP contribution in [0.5, 0.6) is 0 Å². The predicted octanol–water partition coefficient (Wildman–Crippen LogP) is 4.06. The lowest BCUT2D eigenvalue weighted by Crippen LogP contribution is -2.47. The Hall–Kier alpha value is -1.47. The number of nitrogens with two attached hydrogens (primary N) is 1. The van der Waals surface area contributed by atoms with Gasteiger partial charge in [-0.15, -0.1) is 0 Å². The Morgan fingerprint density at radius 3 is 2.00 bits per heavy atom. The van der Waals surface area contributed by atoms with Crippen LogP contribution in [0, 0.1) is 0 Å². The van der Waals surface area contributed by atoms with Crippen LogP contribution in [0.1, 0.15) is 65.9 Å². The van der Waals surface area contributed by atoms with E-state index < -0.39 is 0 Å². The quantitative estimate of drug-likeness (QED) is 0.304. The Kier molecular flexibility index (Phi) is 16.1. The molecule has 1 aromatic carbocycles. The molecule has 0 radical (unpaired) electrons. The summed E-state index contributed by atoms with van der Waals surface area (Å²) < 4.78 is 0. The van der Waals surface area contributed by atoms with Gasteiger partial charge in [0.25, 0.3) is 0 Å². The molecule has 1 unspecified atom stereocenters. The summed E-state index contributed by atoms with van der Waals surface area (Å²) in [5.74, 6) is 0.0904. The summed E-state index contributed by atoms with van der Waals surface area (Å²) in [7, 11) is 0. The van der Waals surface area contributed by atoms with Crippen LogP contribution in [0.4, 0.5) is 5.69 Å². The van der Waals surface area contributed by atoms with E-state index >= 15 is 0 Å². The zero-order chi connectivity index (χ0) is 24.5. The third-order valence-corrected chi connectivity index (χ3v) is 6.69. The number of carbonyl (C=O) groups excluding carboxylic acids is 1. The summed E-state index contributed by atoms with van der Waals surface area (Å²) in [5.41, 5.74) is 7.73. The van der Waals surface area contributed by atoms with Gasteiger partial charge >= 0.3 is 0 Å². The van der Waals surface area contributed by atoms with Gasteiger partial charge in [-0.05, 0) is 76.2 Å². The van der Waals surface area contributed by atoms with Crippen LogP contribution in [-0.4, -0.2) is 85.6 Å². The summed E-state index contributed by atoms with van der Waals surface area (Å²) >= 11 is 0. The van der Waals surface area contributed by atoms with Crippen LogP contribution in [-0.2, 0) is 11.2 Å². The van der Waals surface area contributed by atoms with Crippen LogP contribution in [0.15, 0.2) is 24.3 Å². The molecular weight excluding hydrogens is 410 g/mol. The van der Waals surface area contributed by atoms with E-state index in [1.54, 1.807) is 0 Å². The topological polar surface area (TPSA) is 64.8 Å². The van der Waals surface area contributed by atoms with Crippen LogP contribution in [0.3, 0.4) is 0 Å². The van der Waals surface area contributed by atoms with Gasteiger partial charge in [0.05, 0.1) is 0 Å². The smallest absolute Gasteiger partial charge is 0.224 e. The Balaban J connectivity index is 2.71. The first-order valence-electron chi connectivity index (χ1n) is 13.3. The van der Waals surface area contributed by atoms with E-state index in [1.165, 1.54) is 5.56 Å². The van der Waals surface area contributed by atoms with Gasteiger partial charge in [0.1, 0.15) is 0 Å². The van der Waals surface area contributed by atoms with Gasteiger partial charge in [0.15, 0.2) is 0 Å². The second kappa shape index (κ2) is 17.9. The zero-order valence-electron chi connectivity index (χ0n) is 22.1. The number of rotatable bonds is 19. The number of hydrogen-bond acceptors (Lipinski definition) is 5. The molecule has 0 aromatic heterocycles. The van der Waals surface area contributed by atoms with E-state index in [1.807, 2.05) is 12.1 Å². The maximum Gasteiger partial charge on any atom is 0.224 e. The third-order valence-electron chi connectivity index (χ3n) is 6.69. The van der Waals surface area contributed by atoms with Gasteiger partial charge in [0.2, 0.25) is 5.91 Å². The molecule has 1 aromatic rings. The van der Waals surface area contributed by atoms with Crippen LogP contribution >= 0.6 is 0 Å². The van der Waals surface area contributed by atoms with Crippen molar-refractivity contribution in [3.63, 3.8) is 0 Å². The Morgan fingerprint density at radius 2 is 1.45 bits per heavy atom. The van der Waals surface area contributed by atoms with Crippen molar-refractivity contribution >= 4 is 11.6 Å². The maximum absolute atomic E-state index is 12.2. The molecule has 0 saturated carbocycles. The second-order valence-electron chi connectivity index (χ2n) is 8.84. The highest BCUT2D eigenvalue weighted by Crippen LogP contribution is 2.15. The normalized spacial score (nSPS) is 12.6. The average Bonchev–Trinajstić information content (AvgIpc) is 2.83. The number of unbranched alkanes of at least 4 members (excludes halogenated alkanes) is 2. The fraction of sp³-hybridized carbons (Fsp3) is 0.741. The number of nitrogens with one attached hydrogen (secondary N) is 1. The highest BCUT2D eigenvalue weighted by atomic mass is 16.1. The first kappa shape index (κ1) is 29.6.